The summed E-state index contributed by atoms with van der Waals surface area (Å²) in [6.45, 7) is 17.0. The third kappa shape index (κ3) is 17.8. The average molecular weight is 1140 g/mol. The molecule has 2 fully saturated rings. The van der Waals surface area contributed by atoms with Crippen molar-refractivity contribution in [3.05, 3.63) is 71.8 Å². The lowest BCUT2D eigenvalue weighted by atomic mass is 9.96. The lowest BCUT2D eigenvalue weighted by Crippen LogP contribution is -2.61. The fraction of sp³-hybridized carbons (Fsp3) is 0.645. The van der Waals surface area contributed by atoms with Gasteiger partial charge in [-0.25, -0.2) is 4.79 Å². The molecule has 2 aliphatic heterocycles. The second-order valence-electron chi connectivity index (χ2n) is 23.8. The van der Waals surface area contributed by atoms with Crippen LogP contribution in [0.15, 0.2) is 60.7 Å². The molecule has 20 nitrogen and oxygen atoms in total. The summed E-state index contributed by atoms with van der Waals surface area (Å²) >= 11 is 0. The first-order valence-corrected chi connectivity index (χ1v) is 29.4. The van der Waals surface area contributed by atoms with Crippen LogP contribution in [0.3, 0.4) is 0 Å². The molecule has 9 atom stereocenters. The van der Waals surface area contributed by atoms with E-state index in [4.69, 9.17) is 4.74 Å². The highest BCUT2D eigenvalue weighted by Gasteiger charge is 2.45. The van der Waals surface area contributed by atoms with Crippen molar-refractivity contribution in [3.8, 4) is 0 Å². The molecule has 0 radical (unpaired) electrons. The summed E-state index contributed by atoms with van der Waals surface area (Å²) in [5, 5.41) is 5.74. The summed E-state index contributed by atoms with van der Waals surface area (Å²) in [6.07, 6.45) is 3.58. The zero-order chi connectivity index (χ0) is 61.3. The number of amides is 9. The number of likely N-dealkylation sites (tertiary alicyclic amines) is 2. The number of esters is 1. The number of rotatable bonds is 28. The molecule has 0 spiro atoms. The van der Waals surface area contributed by atoms with E-state index >= 15 is 9.59 Å². The van der Waals surface area contributed by atoms with E-state index in [0.29, 0.717) is 38.6 Å². The van der Waals surface area contributed by atoms with Crippen LogP contribution >= 0.6 is 0 Å². The molecule has 2 aromatic rings. The van der Waals surface area contributed by atoms with Crippen molar-refractivity contribution in [2.45, 2.75) is 187 Å². The van der Waals surface area contributed by atoms with Gasteiger partial charge in [-0.3, -0.25) is 43.2 Å². The molecule has 2 saturated heterocycles. The second kappa shape index (κ2) is 31.5. The summed E-state index contributed by atoms with van der Waals surface area (Å²) < 4.78 is 5.01. The van der Waals surface area contributed by atoms with Crippen molar-refractivity contribution in [2.24, 2.45) is 17.8 Å². The van der Waals surface area contributed by atoms with E-state index in [1.165, 1.54) is 76.5 Å². The number of carbonyl (C=O) groups is 10. The first-order chi connectivity index (χ1) is 38.7. The molecule has 2 N–H and O–H groups in total. The summed E-state index contributed by atoms with van der Waals surface area (Å²) in [4.78, 5) is 152. The fourth-order valence-corrected chi connectivity index (χ4v) is 11.1. The normalized spacial score (nSPS) is 17.7. The maximum Gasteiger partial charge on any atom is 0.328 e. The van der Waals surface area contributed by atoms with Crippen LogP contribution in [0.1, 0.15) is 131 Å². The molecule has 0 aromatic heterocycles. The van der Waals surface area contributed by atoms with Gasteiger partial charge in [-0.05, 0) is 94.1 Å². The van der Waals surface area contributed by atoms with Gasteiger partial charge in [-0.2, -0.15) is 0 Å². The number of methoxy groups -OCH3 is 1. The number of nitrogens with zero attached hydrogens (tertiary/aromatic N) is 7. The van der Waals surface area contributed by atoms with Crippen LogP contribution in [-0.2, 0) is 65.5 Å². The lowest BCUT2D eigenvalue weighted by molar-refractivity contribution is -0.155. The molecule has 0 aliphatic carbocycles. The maximum atomic E-state index is 15.1. The molecule has 2 heterocycles. The monoisotopic (exact) mass is 1140 g/mol. The molecule has 454 valence electrons. The maximum absolute atomic E-state index is 15.1. The van der Waals surface area contributed by atoms with Gasteiger partial charge >= 0.3 is 5.97 Å². The Morgan fingerprint density at radius 2 is 0.988 bits per heavy atom. The van der Waals surface area contributed by atoms with Crippen LogP contribution in [0.2, 0.25) is 0 Å². The van der Waals surface area contributed by atoms with Crippen molar-refractivity contribution in [2.75, 3.05) is 55.4 Å². The molecule has 9 amide bonds. The Balaban J connectivity index is 1.59. The van der Waals surface area contributed by atoms with Crippen LogP contribution in [0, 0.1) is 17.8 Å². The first-order valence-electron chi connectivity index (χ1n) is 29.4. The number of benzene rings is 2. The van der Waals surface area contributed by atoms with E-state index in [1.54, 1.807) is 14.0 Å². The van der Waals surface area contributed by atoms with E-state index in [2.05, 4.69) is 10.6 Å². The predicted octanol–water partition coefficient (Wildman–Crippen LogP) is 4.71. The number of hydrogen-bond acceptors (Lipinski definition) is 11. The van der Waals surface area contributed by atoms with Gasteiger partial charge in [-0.15, -0.1) is 0 Å². The first kappa shape index (κ1) is 67.6. The highest BCUT2D eigenvalue weighted by Crippen LogP contribution is 2.27. The second-order valence-corrected chi connectivity index (χ2v) is 23.8. The van der Waals surface area contributed by atoms with Crippen molar-refractivity contribution >= 4 is 59.1 Å². The number of hydrogen-bond donors (Lipinski definition) is 2. The van der Waals surface area contributed by atoms with Gasteiger partial charge in [0.25, 0.3) is 0 Å². The van der Waals surface area contributed by atoms with Gasteiger partial charge in [0, 0.05) is 67.6 Å². The molecule has 0 saturated carbocycles. The fourth-order valence-electron chi connectivity index (χ4n) is 11.1. The van der Waals surface area contributed by atoms with E-state index in [-0.39, 0.29) is 68.7 Å². The standard InChI is InChI=1S/C62H95N9O11/c1-16-25-53(72)65(10)43(9)54(73)64-46(37-44-26-19-17-20-27-44)57(76)70-32-23-30-47(70)58(77)68(13)51(36-41(6)7)60(79)69(14)50(35-40(4)5)59(78)66(11)49(34-39(2)3)55(74)63-42(8)56(75)67(12)52(38-45-28-21-18-22-29-45)61(80)71-33-24-31-48(71)62(81)82-15/h17-22,26-29,39-43,46-52H,16,23-25,30-38H2,1-15H3,(H,63,74)(H,64,73)/t42-,43-,46+,47-,48-,49-,50-,51-,52+/m0/s1. The summed E-state index contributed by atoms with van der Waals surface area (Å²) in [5.74, 6) is -5.12. The van der Waals surface area contributed by atoms with Crippen LogP contribution in [0.25, 0.3) is 0 Å². The number of likely N-dealkylation sites (N-methyl/N-ethyl adjacent to an activating group) is 5. The van der Waals surface area contributed by atoms with Crippen LogP contribution in [0.4, 0.5) is 0 Å². The minimum Gasteiger partial charge on any atom is -0.467 e. The third-order valence-electron chi connectivity index (χ3n) is 16.0. The highest BCUT2D eigenvalue weighted by molar-refractivity contribution is 5.98. The minimum absolute atomic E-state index is 0.0952. The highest BCUT2D eigenvalue weighted by atomic mass is 16.5. The Hall–Kier alpha value is -6.86. The van der Waals surface area contributed by atoms with Crippen molar-refractivity contribution in [1.82, 2.24) is 44.9 Å². The van der Waals surface area contributed by atoms with Gasteiger partial charge in [-0.1, -0.05) is 109 Å². The van der Waals surface area contributed by atoms with Crippen LogP contribution < -0.4 is 10.6 Å². The molecule has 2 aliphatic rings. The van der Waals surface area contributed by atoms with E-state index in [9.17, 15) is 38.4 Å². The van der Waals surface area contributed by atoms with Crippen molar-refractivity contribution < 1.29 is 52.7 Å². The number of carbonyl (C=O) groups excluding carboxylic acids is 10. The summed E-state index contributed by atoms with van der Waals surface area (Å²) in [6, 6.07) is 9.26. The minimum atomic E-state index is -1.16. The molecule has 2 aromatic carbocycles. The van der Waals surface area contributed by atoms with Crippen molar-refractivity contribution in [1.29, 1.82) is 0 Å². The molecule has 4 rings (SSSR count). The lowest BCUT2D eigenvalue weighted by Gasteiger charge is -2.40. The Kier molecular flexibility index (Phi) is 26.0. The largest absolute Gasteiger partial charge is 0.467 e. The Morgan fingerprint density at radius 1 is 0.537 bits per heavy atom. The summed E-state index contributed by atoms with van der Waals surface area (Å²) in [7, 11) is 8.89. The quantitative estimate of drug-likeness (QED) is 0.111. The Labute approximate surface area is 487 Å². The van der Waals surface area contributed by atoms with Crippen molar-refractivity contribution in [3.63, 3.8) is 0 Å². The smallest absolute Gasteiger partial charge is 0.328 e. The van der Waals surface area contributed by atoms with E-state index < -0.39 is 108 Å². The van der Waals surface area contributed by atoms with Gasteiger partial charge in [0.05, 0.1) is 7.11 Å². The molecular formula is C62H95N9O11. The molecule has 82 heavy (non-hydrogen) atoms. The van der Waals surface area contributed by atoms with Crippen LogP contribution in [-0.4, -0.2) is 203 Å². The average Bonchev–Trinajstić information content (AvgIpc) is 4.16. The zero-order valence-electron chi connectivity index (χ0n) is 51.5. The molecule has 0 unspecified atom stereocenters. The predicted molar refractivity (Wildman–Crippen MR) is 313 cm³/mol. The number of ether oxygens (including phenoxy) is 1. The third-order valence-corrected chi connectivity index (χ3v) is 16.0. The zero-order valence-corrected chi connectivity index (χ0v) is 51.5. The van der Waals surface area contributed by atoms with Crippen LogP contribution in [0.5, 0.6) is 0 Å². The molecular weight excluding hydrogens is 1050 g/mol. The molecule has 20 heteroatoms. The van der Waals surface area contributed by atoms with E-state index in [0.717, 1.165) is 11.1 Å². The molecule has 0 bridgehead atoms. The summed E-state index contributed by atoms with van der Waals surface area (Å²) in [5.41, 5.74) is 1.57. The number of nitrogens with one attached hydrogen (secondary N) is 2. The van der Waals surface area contributed by atoms with E-state index in [1.807, 2.05) is 109 Å². The Bertz CT molecular complexity index is 2510. The van der Waals surface area contributed by atoms with Gasteiger partial charge in [0.15, 0.2) is 0 Å². The topological polar surface area (TPSA) is 227 Å². The van der Waals surface area contributed by atoms with Gasteiger partial charge < -0.3 is 49.7 Å². The SMILES string of the molecule is CCCC(=O)N(C)[C@@H](C)C(=O)N[C@H](Cc1ccccc1)C(=O)N1CCC[C@H]1C(=O)N(C)[C@@H](CC(C)C)C(=O)N(C)[C@@H](CC(C)C)C(=O)N(C)[C@@H](CC(C)C)C(=O)N[C@@H](C)C(=O)N(C)[C@H](Cc1ccccc1)C(=O)N1CCC[C@H]1C(=O)OC. The Morgan fingerprint density at radius 3 is 1.49 bits per heavy atom. The van der Waals surface area contributed by atoms with Gasteiger partial charge in [0.2, 0.25) is 53.2 Å². The van der Waals surface area contributed by atoms with Gasteiger partial charge in [0.1, 0.15) is 54.4 Å².